The van der Waals surface area contributed by atoms with Crippen molar-refractivity contribution in [3.05, 3.63) is 59.7 Å². The molecule has 2 aromatic carbocycles. The Morgan fingerprint density at radius 2 is 1.83 bits per heavy atom. The SMILES string of the molecule is COC(=O)c1ccc(NC(=O)COc2ccccc2C#N)cc1. The highest BCUT2D eigenvalue weighted by molar-refractivity contribution is 5.93. The second kappa shape index (κ2) is 7.61. The van der Waals surface area contributed by atoms with Crippen LogP contribution in [0.2, 0.25) is 0 Å². The molecule has 0 atom stereocenters. The maximum atomic E-state index is 11.8. The number of nitrogens with zero attached hydrogens (tertiary/aromatic N) is 1. The van der Waals surface area contributed by atoms with E-state index in [-0.39, 0.29) is 12.5 Å². The van der Waals surface area contributed by atoms with Gasteiger partial charge in [-0.25, -0.2) is 4.79 Å². The van der Waals surface area contributed by atoms with Crippen molar-refractivity contribution in [1.82, 2.24) is 0 Å². The zero-order valence-electron chi connectivity index (χ0n) is 12.4. The number of methoxy groups -OCH3 is 1. The molecule has 6 nitrogen and oxygen atoms in total. The zero-order valence-corrected chi connectivity index (χ0v) is 12.4. The molecular weight excluding hydrogens is 296 g/mol. The number of hydrogen-bond acceptors (Lipinski definition) is 5. The fourth-order valence-corrected chi connectivity index (χ4v) is 1.83. The molecule has 0 aliphatic heterocycles. The molecule has 23 heavy (non-hydrogen) atoms. The van der Waals surface area contributed by atoms with Crippen LogP contribution in [0.1, 0.15) is 15.9 Å². The van der Waals surface area contributed by atoms with E-state index < -0.39 is 5.97 Å². The van der Waals surface area contributed by atoms with E-state index in [9.17, 15) is 9.59 Å². The molecular formula is C17H14N2O4. The average Bonchev–Trinajstić information content (AvgIpc) is 2.60. The molecule has 2 rings (SSSR count). The minimum atomic E-state index is -0.445. The van der Waals surface area contributed by atoms with Crippen LogP contribution in [0.5, 0.6) is 5.75 Å². The molecule has 2 aromatic rings. The summed E-state index contributed by atoms with van der Waals surface area (Å²) in [7, 11) is 1.30. The summed E-state index contributed by atoms with van der Waals surface area (Å²) >= 11 is 0. The summed E-state index contributed by atoms with van der Waals surface area (Å²) in [5, 5.41) is 11.6. The lowest BCUT2D eigenvalue weighted by Crippen LogP contribution is -2.20. The first-order valence-corrected chi connectivity index (χ1v) is 6.74. The van der Waals surface area contributed by atoms with Gasteiger partial charge in [0.05, 0.1) is 18.2 Å². The molecule has 0 aliphatic rings. The van der Waals surface area contributed by atoms with Crippen LogP contribution in [-0.4, -0.2) is 25.6 Å². The van der Waals surface area contributed by atoms with Crippen molar-refractivity contribution >= 4 is 17.6 Å². The normalized spacial score (nSPS) is 9.57. The number of rotatable bonds is 5. The van der Waals surface area contributed by atoms with Gasteiger partial charge in [-0.2, -0.15) is 5.26 Å². The molecule has 116 valence electrons. The van der Waals surface area contributed by atoms with Gasteiger partial charge in [0.15, 0.2) is 6.61 Å². The smallest absolute Gasteiger partial charge is 0.337 e. The number of amides is 1. The van der Waals surface area contributed by atoms with Crippen molar-refractivity contribution in [2.45, 2.75) is 0 Å². The number of hydrogen-bond donors (Lipinski definition) is 1. The summed E-state index contributed by atoms with van der Waals surface area (Å²) in [5.41, 5.74) is 1.28. The van der Waals surface area contributed by atoms with Crippen LogP contribution in [-0.2, 0) is 9.53 Å². The maximum absolute atomic E-state index is 11.8. The van der Waals surface area contributed by atoms with Crippen LogP contribution in [0.15, 0.2) is 48.5 Å². The second-order valence-electron chi connectivity index (χ2n) is 4.51. The van der Waals surface area contributed by atoms with Crippen molar-refractivity contribution in [2.24, 2.45) is 0 Å². The number of para-hydroxylation sites is 1. The molecule has 0 bridgehead atoms. The van der Waals surface area contributed by atoms with Gasteiger partial charge in [-0.05, 0) is 36.4 Å². The number of anilines is 1. The van der Waals surface area contributed by atoms with Crippen LogP contribution >= 0.6 is 0 Å². The summed E-state index contributed by atoms with van der Waals surface area (Å²) in [6, 6.07) is 14.9. The van der Waals surface area contributed by atoms with E-state index in [1.807, 2.05) is 6.07 Å². The molecule has 0 unspecified atom stereocenters. The van der Waals surface area contributed by atoms with Gasteiger partial charge in [0.1, 0.15) is 11.8 Å². The Bertz CT molecular complexity index is 748. The predicted molar refractivity (Wildman–Crippen MR) is 83.1 cm³/mol. The van der Waals surface area contributed by atoms with E-state index in [0.29, 0.717) is 22.6 Å². The first-order valence-electron chi connectivity index (χ1n) is 6.74. The molecule has 0 saturated heterocycles. The summed E-state index contributed by atoms with van der Waals surface area (Å²) in [6.07, 6.45) is 0. The monoisotopic (exact) mass is 310 g/mol. The topological polar surface area (TPSA) is 88.4 Å². The summed E-state index contributed by atoms with van der Waals surface area (Å²) in [5.74, 6) is -0.464. The van der Waals surface area contributed by atoms with Crippen molar-refractivity contribution < 1.29 is 19.1 Å². The number of ether oxygens (including phenoxy) is 2. The van der Waals surface area contributed by atoms with E-state index in [0.717, 1.165) is 0 Å². The third-order valence-corrected chi connectivity index (χ3v) is 2.96. The molecule has 0 heterocycles. The lowest BCUT2D eigenvalue weighted by molar-refractivity contribution is -0.118. The first-order chi connectivity index (χ1) is 11.1. The molecule has 1 amide bonds. The predicted octanol–water partition coefficient (Wildman–Crippen LogP) is 2.36. The van der Waals surface area contributed by atoms with E-state index in [4.69, 9.17) is 10.00 Å². The third kappa shape index (κ3) is 4.32. The number of carbonyl (C=O) groups excluding carboxylic acids is 2. The van der Waals surface area contributed by atoms with Crippen molar-refractivity contribution in [2.75, 3.05) is 19.0 Å². The van der Waals surface area contributed by atoms with Gasteiger partial charge in [-0.15, -0.1) is 0 Å². The Kier molecular flexibility index (Phi) is 5.31. The number of nitrogens with one attached hydrogen (secondary N) is 1. The molecule has 0 spiro atoms. The van der Waals surface area contributed by atoms with Gasteiger partial charge in [-0.3, -0.25) is 4.79 Å². The molecule has 0 radical (unpaired) electrons. The Hall–Kier alpha value is -3.33. The van der Waals surface area contributed by atoms with Gasteiger partial charge in [-0.1, -0.05) is 12.1 Å². The average molecular weight is 310 g/mol. The third-order valence-electron chi connectivity index (χ3n) is 2.96. The van der Waals surface area contributed by atoms with Gasteiger partial charge in [0, 0.05) is 5.69 Å². The minimum absolute atomic E-state index is 0.225. The molecule has 6 heteroatoms. The van der Waals surface area contributed by atoms with Crippen molar-refractivity contribution in [3.63, 3.8) is 0 Å². The minimum Gasteiger partial charge on any atom is -0.482 e. The van der Waals surface area contributed by atoms with Crippen LogP contribution in [0.25, 0.3) is 0 Å². The highest BCUT2D eigenvalue weighted by atomic mass is 16.5. The van der Waals surface area contributed by atoms with Gasteiger partial charge < -0.3 is 14.8 Å². The number of nitriles is 1. The van der Waals surface area contributed by atoms with Gasteiger partial charge in [0.2, 0.25) is 0 Å². The Morgan fingerprint density at radius 3 is 2.48 bits per heavy atom. The number of carbonyl (C=O) groups is 2. The van der Waals surface area contributed by atoms with Crippen molar-refractivity contribution in [1.29, 1.82) is 5.26 Å². The zero-order chi connectivity index (χ0) is 16.7. The summed E-state index contributed by atoms with van der Waals surface area (Å²) in [4.78, 5) is 23.2. The second-order valence-corrected chi connectivity index (χ2v) is 4.51. The lowest BCUT2D eigenvalue weighted by atomic mass is 10.2. The Balaban J connectivity index is 1.92. The van der Waals surface area contributed by atoms with E-state index >= 15 is 0 Å². The fraction of sp³-hybridized carbons (Fsp3) is 0.118. The van der Waals surface area contributed by atoms with E-state index in [2.05, 4.69) is 10.1 Å². The fourth-order valence-electron chi connectivity index (χ4n) is 1.83. The highest BCUT2D eigenvalue weighted by Gasteiger charge is 2.08. The quantitative estimate of drug-likeness (QED) is 0.856. The standard InChI is InChI=1S/C17H14N2O4/c1-22-17(21)12-6-8-14(9-7-12)19-16(20)11-23-15-5-3-2-4-13(15)10-18/h2-9H,11H2,1H3,(H,19,20). The highest BCUT2D eigenvalue weighted by Crippen LogP contribution is 2.16. The molecule has 0 fully saturated rings. The van der Waals surface area contributed by atoms with Crippen molar-refractivity contribution in [3.8, 4) is 11.8 Å². The summed E-state index contributed by atoms with van der Waals surface area (Å²) < 4.78 is 9.93. The van der Waals surface area contributed by atoms with Crippen LogP contribution in [0, 0.1) is 11.3 Å². The van der Waals surface area contributed by atoms with Gasteiger partial charge >= 0.3 is 5.97 Å². The molecule has 0 saturated carbocycles. The number of benzene rings is 2. The maximum Gasteiger partial charge on any atom is 0.337 e. The van der Waals surface area contributed by atoms with Crippen LogP contribution in [0.3, 0.4) is 0 Å². The molecule has 0 aromatic heterocycles. The van der Waals surface area contributed by atoms with Crippen LogP contribution < -0.4 is 10.1 Å². The largest absolute Gasteiger partial charge is 0.482 e. The summed E-state index contributed by atoms with van der Waals surface area (Å²) in [6.45, 7) is -0.225. The van der Waals surface area contributed by atoms with Gasteiger partial charge in [0.25, 0.3) is 5.91 Å². The first kappa shape index (κ1) is 16.0. The Morgan fingerprint density at radius 1 is 1.13 bits per heavy atom. The Labute approximate surface area is 133 Å². The molecule has 0 aliphatic carbocycles. The van der Waals surface area contributed by atoms with E-state index in [1.54, 1.807) is 48.5 Å². The lowest BCUT2D eigenvalue weighted by Gasteiger charge is -2.09. The number of esters is 1. The van der Waals surface area contributed by atoms with Crippen LogP contribution in [0.4, 0.5) is 5.69 Å². The molecule has 1 N–H and O–H groups in total. The van der Waals surface area contributed by atoms with E-state index in [1.165, 1.54) is 7.11 Å².